The van der Waals surface area contributed by atoms with E-state index in [4.69, 9.17) is 0 Å². The summed E-state index contributed by atoms with van der Waals surface area (Å²) in [5.74, 6) is 0.132. The number of aromatic nitrogens is 1. The fourth-order valence-electron chi connectivity index (χ4n) is 3.80. The molecule has 0 saturated heterocycles. The van der Waals surface area contributed by atoms with Crippen molar-refractivity contribution in [3.05, 3.63) is 84.9 Å². The van der Waals surface area contributed by atoms with Crippen molar-refractivity contribution in [1.82, 2.24) is 4.57 Å². The van der Waals surface area contributed by atoms with Crippen LogP contribution in [0.15, 0.2) is 84.9 Å². The molecule has 1 aromatic heterocycles. The van der Waals surface area contributed by atoms with Crippen LogP contribution >= 0.6 is 0 Å². The van der Waals surface area contributed by atoms with Gasteiger partial charge in [0.25, 0.3) is 0 Å². The molecule has 154 valence electrons. The van der Waals surface area contributed by atoms with Gasteiger partial charge in [0.2, 0.25) is 11.8 Å². The Balaban J connectivity index is 1.34. The molecule has 2 amide bonds. The average Bonchev–Trinajstić information content (AvgIpc) is 3.59. The summed E-state index contributed by atoms with van der Waals surface area (Å²) in [5, 5.41) is 6.98. The number of hydrogen-bond acceptors (Lipinski definition) is 2. The van der Waals surface area contributed by atoms with Gasteiger partial charge in [-0.15, -0.1) is 0 Å². The van der Waals surface area contributed by atoms with Gasteiger partial charge in [-0.05, 0) is 54.8 Å². The number of nitrogens with one attached hydrogen (secondary N) is 2. The van der Waals surface area contributed by atoms with Gasteiger partial charge >= 0.3 is 0 Å². The zero-order valence-electron chi connectivity index (χ0n) is 17.0. The zero-order chi connectivity index (χ0) is 21.2. The standard InChI is InChI=1S/C26H23N3O2/c30-25(27-21-12-14-22(15-13-21)28-26(31)19-10-11-19)17-29-23-9-5-4-8-20(23)16-24(29)18-6-2-1-3-7-18/h1-9,12-16,19H,10-11,17H2,(H,27,30)(H,28,31). The number of carbonyl (C=O) groups excluding carboxylic acids is 2. The van der Waals surface area contributed by atoms with E-state index in [-0.39, 0.29) is 24.3 Å². The van der Waals surface area contributed by atoms with E-state index in [0.29, 0.717) is 5.69 Å². The highest BCUT2D eigenvalue weighted by Gasteiger charge is 2.29. The van der Waals surface area contributed by atoms with Crippen LogP contribution in [0.4, 0.5) is 11.4 Å². The molecule has 1 aliphatic carbocycles. The second-order valence-electron chi connectivity index (χ2n) is 7.93. The minimum absolute atomic E-state index is 0.0738. The van der Waals surface area contributed by atoms with Crippen molar-refractivity contribution in [3.8, 4) is 11.3 Å². The molecule has 0 bridgehead atoms. The van der Waals surface area contributed by atoms with E-state index in [2.05, 4.69) is 34.9 Å². The normalized spacial score (nSPS) is 13.2. The summed E-state index contributed by atoms with van der Waals surface area (Å²) >= 11 is 0. The van der Waals surface area contributed by atoms with Crippen LogP contribution in [0, 0.1) is 5.92 Å². The van der Waals surface area contributed by atoms with Crippen molar-refractivity contribution in [2.24, 2.45) is 5.92 Å². The van der Waals surface area contributed by atoms with Crippen LogP contribution in [0.5, 0.6) is 0 Å². The lowest BCUT2D eigenvalue weighted by Crippen LogP contribution is -2.19. The summed E-state index contributed by atoms with van der Waals surface area (Å²) in [6.45, 7) is 0.206. The molecular weight excluding hydrogens is 386 g/mol. The minimum atomic E-state index is -0.103. The smallest absolute Gasteiger partial charge is 0.244 e. The van der Waals surface area contributed by atoms with Gasteiger partial charge in [-0.1, -0.05) is 48.5 Å². The first-order valence-corrected chi connectivity index (χ1v) is 10.5. The number of hydrogen-bond donors (Lipinski definition) is 2. The second-order valence-corrected chi connectivity index (χ2v) is 7.93. The monoisotopic (exact) mass is 409 g/mol. The molecule has 3 aromatic carbocycles. The lowest BCUT2D eigenvalue weighted by Gasteiger charge is -2.12. The van der Waals surface area contributed by atoms with E-state index in [1.165, 1.54) is 0 Å². The summed E-state index contributed by atoms with van der Waals surface area (Å²) in [7, 11) is 0. The van der Waals surface area contributed by atoms with Gasteiger partial charge < -0.3 is 15.2 Å². The van der Waals surface area contributed by atoms with Gasteiger partial charge in [0.15, 0.2) is 0 Å². The minimum Gasteiger partial charge on any atom is -0.331 e. The number of amides is 2. The van der Waals surface area contributed by atoms with E-state index < -0.39 is 0 Å². The fraction of sp³-hybridized carbons (Fsp3) is 0.154. The van der Waals surface area contributed by atoms with Crippen molar-refractivity contribution in [1.29, 1.82) is 0 Å². The Morgan fingerprint density at radius 3 is 2.16 bits per heavy atom. The van der Waals surface area contributed by atoms with E-state index in [1.807, 2.05) is 65.2 Å². The Hall–Kier alpha value is -3.86. The van der Waals surface area contributed by atoms with Gasteiger partial charge in [0.05, 0.1) is 0 Å². The van der Waals surface area contributed by atoms with Gasteiger partial charge in [0, 0.05) is 33.9 Å². The SMILES string of the molecule is O=C(Cn1c(-c2ccccc2)cc2ccccc21)Nc1ccc(NC(=O)C2CC2)cc1. The summed E-state index contributed by atoms with van der Waals surface area (Å²) < 4.78 is 2.05. The fourth-order valence-corrected chi connectivity index (χ4v) is 3.80. The average molecular weight is 409 g/mol. The molecule has 1 saturated carbocycles. The number of fused-ring (bicyclic) bond motifs is 1. The van der Waals surface area contributed by atoms with Crippen molar-refractivity contribution in [2.75, 3.05) is 10.6 Å². The van der Waals surface area contributed by atoms with Crippen LogP contribution in [0.2, 0.25) is 0 Å². The van der Waals surface area contributed by atoms with E-state index in [9.17, 15) is 9.59 Å². The predicted octanol–water partition coefficient (Wildman–Crippen LogP) is 5.30. The molecule has 5 heteroatoms. The third-order valence-corrected chi connectivity index (χ3v) is 5.57. The van der Waals surface area contributed by atoms with E-state index in [0.717, 1.165) is 40.7 Å². The first-order chi connectivity index (χ1) is 15.2. The predicted molar refractivity (Wildman–Crippen MR) is 124 cm³/mol. The molecule has 0 aliphatic heterocycles. The lowest BCUT2D eigenvalue weighted by molar-refractivity contribution is -0.117. The number of anilines is 2. The topological polar surface area (TPSA) is 63.1 Å². The molecule has 0 radical (unpaired) electrons. The third-order valence-electron chi connectivity index (χ3n) is 5.57. The van der Waals surface area contributed by atoms with E-state index >= 15 is 0 Å². The Morgan fingerprint density at radius 1 is 0.806 bits per heavy atom. The summed E-state index contributed by atoms with van der Waals surface area (Å²) in [6.07, 6.45) is 1.94. The van der Waals surface area contributed by atoms with Crippen LogP contribution in [-0.4, -0.2) is 16.4 Å². The van der Waals surface area contributed by atoms with Crippen molar-refractivity contribution < 1.29 is 9.59 Å². The molecule has 31 heavy (non-hydrogen) atoms. The molecule has 5 nitrogen and oxygen atoms in total. The quantitative estimate of drug-likeness (QED) is 0.454. The molecule has 0 atom stereocenters. The van der Waals surface area contributed by atoms with Crippen LogP contribution in [0.1, 0.15) is 12.8 Å². The molecule has 1 fully saturated rings. The highest BCUT2D eigenvalue weighted by atomic mass is 16.2. The van der Waals surface area contributed by atoms with Crippen LogP contribution in [-0.2, 0) is 16.1 Å². The van der Waals surface area contributed by atoms with Crippen LogP contribution < -0.4 is 10.6 Å². The summed E-state index contributed by atoms with van der Waals surface area (Å²) in [5.41, 5.74) is 4.55. The molecule has 0 spiro atoms. The van der Waals surface area contributed by atoms with Gasteiger partial charge in [-0.25, -0.2) is 0 Å². The highest BCUT2D eigenvalue weighted by molar-refractivity contribution is 5.96. The largest absolute Gasteiger partial charge is 0.331 e. The molecule has 0 unspecified atom stereocenters. The first kappa shape index (κ1) is 19.1. The zero-order valence-corrected chi connectivity index (χ0v) is 17.0. The van der Waals surface area contributed by atoms with Crippen LogP contribution in [0.3, 0.4) is 0 Å². The molecule has 5 rings (SSSR count). The Labute approximate surface area is 180 Å². The molecule has 2 N–H and O–H groups in total. The van der Waals surface area contributed by atoms with Gasteiger partial charge in [-0.3, -0.25) is 9.59 Å². The number of nitrogens with zero attached hydrogens (tertiary/aromatic N) is 1. The number of carbonyl (C=O) groups is 2. The summed E-state index contributed by atoms with van der Waals surface area (Å²) in [4.78, 5) is 24.8. The van der Waals surface area contributed by atoms with Crippen molar-refractivity contribution >= 4 is 34.1 Å². The Morgan fingerprint density at radius 2 is 1.45 bits per heavy atom. The lowest BCUT2D eigenvalue weighted by atomic mass is 10.1. The number of rotatable bonds is 6. The molecule has 1 heterocycles. The maximum absolute atomic E-state index is 12.9. The number of benzene rings is 3. The Kier molecular flexibility index (Phi) is 5.00. The van der Waals surface area contributed by atoms with E-state index in [1.54, 1.807) is 0 Å². The van der Waals surface area contributed by atoms with Crippen LogP contribution in [0.25, 0.3) is 22.2 Å². The maximum Gasteiger partial charge on any atom is 0.244 e. The van der Waals surface area contributed by atoms with Crippen molar-refractivity contribution in [2.45, 2.75) is 19.4 Å². The Bertz CT molecular complexity index is 1240. The second kappa shape index (κ2) is 8.11. The highest BCUT2D eigenvalue weighted by Crippen LogP contribution is 2.30. The van der Waals surface area contributed by atoms with Crippen molar-refractivity contribution in [3.63, 3.8) is 0 Å². The molecular formula is C26H23N3O2. The first-order valence-electron chi connectivity index (χ1n) is 10.5. The molecule has 1 aliphatic rings. The van der Waals surface area contributed by atoms with Gasteiger partial charge in [0.1, 0.15) is 6.54 Å². The summed E-state index contributed by atoms with van der Waals surface area (Å²) in [6, 6.07) is 27.6. The number of para-hydroxylation sites is 1. The van der Waals surface area contributed by atoms with Gasteiger partial charge in [-0.2, -0.15) is 0 Å². The third kappa shape index (κ3) is 4.21. The molecule has 4 aromatic rings. The maximum atomic E-state index is 12.9.